The largest absolute Gasteiger partial charge is 0.393 e. The van der Waals surface area contributed by atoms with Gasteiger partial charge < -0.3 is 10.6 Å². The van der Waals surface area contributed by atoms with Gasteiger partial charge >= 0.3 is 0 Å². The maximum absolute atomic E-state index is 5.96. The lowest BCUT2D eigenvalue weighted by Gasteiger charge is -2.26. The van der Waals surface area contributed by atoms with Gasteiger partial charge in [-0.1, -0.05) is 48.6 Å². The quantitative estimate of drug-likeness (QED) is 0.851. The number of anilines is 1. The first-order chi connectivity index (χ1) is 9.97. The van der Waals surface area contributed by atoms with Crippen LogP contribution in [-0.4, -0.2) is 18.6 Å². The monoisotopic (exact) mass is 298 g/mol. The molecule has 1 unspecified atom stereocenters. The average molecular weight is 298 g/mol. The van der Waals surface area contributed by atoms with Crippen LogP contribution in [0, 0.1) is 13.8 Å². The van der Waals surface area contributed by atoms with Gasteiger partial charge in [0.05, 0.1) is 10.9 Å². The molecule has 0 aromatic heterocycles. The van der Waals surface area contributed by atoms with Crippen LogP contribution >= 0.6 is 12.2 Å². The first kappa shape index (κ1) is 15.5. The molecule has 0 amide bonds. The summed E-state index contributed by atoms with van der Waals surface area (Å²) in [6, 6.07) is 16.8. The molecule has 0 aliphatic rings. The van der Waals surface area contributed by atoms with Gasteiger partial charge in [0.2, 0.25) is 0 Å². The van der Waals surface area contributed by atoms with Crippen molar-refractivity contribution >= 4 is 22.9 Å². The van der Waals surface area contributed by atoms with Crippen LogP contribution in [-0.2, 0) is 0 Å². The summed E-state index contributed by atoms with van der Waals surface area (Å²) >= 11 is 5.27. The minimum absolute atomic E-state index is 0.0621. The number of aryl methyl sites for hydroxylation is 2. The molecule has 0 aliphatic heterocycles. The fourth-order valence-corrected chi connectivity index (χ4v) is 2.81. The van der Waals surface area contributed by atoms with E-state index in [1.54, 1.807) is 0 Å². The maximum atomic E-state index is 5.96. The Morgan fingerprint density at radius 1 is 1.10 bits per heavy atom. The van der Waals surface area contributed by atoms with E-state index >= 15 is 0 Å². The third-order valence-corrected chi connectivity index (χ3v) is 3.93. The van der Waals surface area contributed by atoms with Crippen LogP contribution < -0.4 is 10.6 Å². The van der Waals surface area contributed by atoms with Crippen molar-refractivity contribution < 1.29 is 0 Å². The van der Waals surface area contributed by atoms with Crippen LogP contribution in [0.2, 0.25) is 0 Å². The zero-order valence-corrected chi connectivity index (χ0v) is 13.7. The molecule has 110 valence electrons. The Balaban J connectivity index is 2.23. The summed E-state index contributed by atoms with van der Waals surface area (Å²) in [6.07, 6.45) is 0. The van der Waals surface area contributed by atoms with Gasteiger partial charge in [-0.15, -0.1) is 0 Å². The molecule has 0 spiro atoms. The average Bonchev–Trinajstić information content (AvgIpc) is 2.44. The Labute approximate surface area is 132 Å². The standard InChI is InChI=1S/C18H22N2S/c1-13-9-14(2)11-16(10-13)20(3)12-17(18(19)21)15-7-5-4-6-8-15/h4-11,17H,12H2,1-3H3,(H2,19,21). The number of benzene rings is 2. The molecule has 2 aromatic rings. The number of hydrogen-bond acceptors (Lipinski definition) is 2. The fourth-order valence-electron chi connectivity index (χ4n) is 2.60. The Hall–Kier alpha value is -1.87. The number of rotatable bonds is 5. The number of thiocarbonyl (C=S) groups is 1. The minimum atomic E-state index is 0.0621. The van der Waals surface area contributed by atoms with Gasteiger partial charge in [-0.2, -0.15) is 0 Å². The van der Waals surface area contributed by atoms with E-state index in [1.807, 2.05) is 18.2 Å². The van der Waals surface area contributed by atoms with E-state index < -0.39 is 0 Å². The van der Waals surface area contributed by atoms with Crippen LogP contribution in [0.1, 0.15) is 22.6 Å². The van der Waals surface area contributed by atoms with Gasteiger partial charge in [-0.25, -0.2) is 0 Å². The van der Waals surface area contributed by atoms with Crippen LogP contribution in [0.5, 0.6) is 0 Å². The Morgan fingerprint density at radius 3 is 2.19 bits per heavy atom. The Morgan fingerprint density at radius 2 is 1.67 bits per heavy atom. The lowest BCUT2D eigenvalue weighted by molar-refractivity contribution is 0.824. The molecule has 3 heteroatoms. The summed E-state index contributed by atoms with van der Waals surface area (Å²) in [6.45, 7) is 5.02. The Kier molecular flexibility index (Phi) is 4.97. The predicted octanol–water partition coefficient (Wildman–Crippen LogP) is 3.81. The van der Waals surface area contributed by atoms with Gasteiger partial charge in [0.15, 0.2) is 0 Å². The highest BCUT2D eigenvalue weighted by atomic mass is 32.1. The van der Waals surface area contributed by atoms with Crippen molar-refractivity contribution in [2.75, 3.05) is 18.5 Å². The number of nitrogens with zero attached hydrogens (tertiary/aromatic N) is 1. The number of hydrogen-bond donors (Lipinski definition) is 1. The third kappa shape index (κ3) is 4.05. The highest BCUT2D eigenvalue weighted by molar-refractivity contribution is 7.80. The van der Waals surface area contributed by atoms with Crippen molar-refractivity contribution in [3.05, 3.63) is 65.2 Å². The molecule has 0 aliphatic carbocycles. The summed E-state index contributed by atoms with van der Waals surface area (Å²) in [7, 11) is 2.09. The SMILES string of the molecule is Cc1cc(C)cc(N(C)CC(C(N)=S)c2ccccc2)c1. The van der Waals surface area contributed by atoms with Crippen molar-refractivity contribution in [1.82, 2.24) is 0 Å². The number of nitrogens with two attached hydrogens (primary N) is 1. The molecule has 21 heavy (non-hydrogen) atoms. The van der Waals surface area contributed by atoms with E-state index in [2.05, 4.69) is 56.1 Å². The smallest absolute Gasteiger partial charge is 0.0821 e. The van der Waals surface area contributed by atoms with Crippen LogP contribution in [0.25, 0.3) is 0 Å². The lowest BCUT2D eigenvalue weighted by atomic mass is 9.98. The molecule has 0 radical (unpaired) electrons. The summed E-state index contributed by atoms with van der Waals surface area (Å²) in [5, 5.41) is 0. The highest BCUT2D eigenvalue weighted by Gasteiger charge is 2.17. The number of likely N-dealkylation sites (N-methyl/N-ethyl adjacent to an activating group) is 1. The molecule has 2 nitrogen and oxygen atoms in total. The lowest BCUT2D eigenvalue weighted by Crippen LogP contribution is -2.31. The highest BCUT2D eigenvalue weighted by Crippen LogP contribution is 2.22. The normalized spacial score (nSPS) is 12.0. The van der Waals surface area contributed by atoms with E-state index in [4.69, 9.17) is 18.0 Å². The van der Waals surface area contributed by atoms with Crippen molar-refractivity contribution in [1.29, 1.82) is 0 Å². The molecule has 2 N–H and O–H groups in total. The molecule has 0 bridgehead atoms. The molecular formula is C18H22N2S. The van der Waals surface area contributed by atoms with Crippen LogP contribution in [0.15, 0.2) is 48.5 Å². The van der Waals surface area contributed by atoms with E-state index in [9.17, 15) is 0 Å². The second kappa shape index (κ2) is 6.72. The van der Waals surface area contributed by atoms with E-state index in [-0.39, 0.29) is 5.92 Å². The first-order valence-electron chi connectivity index (χ1n) is 7.11. The van der Waals surface area contributed by atoms with Crippen molar-refractivity contribution in [2.45, 2.75) is 19.8 Å². The summed E-state index contributed by atoms with van der Waals surface area (Å²) < 4.78 is 0. The van der Waals surface area contributed by atoms with Gasteiger partial charge in [-0.05, 0) is 42.7 Å². The molecule has 0 fully saturated rings. The minimum Gasteiger partial charge on any atom is -0.393 e. The predicted molar refractivity (Wildman–Crippen MR) is 95.2 cm³/mol. The molecule has 0 heterocycles. The topological polar surface area (TPSA) is 29.3 Å². The molecule has 2 aromatic carbocycles. The van der Waals surface area contributed by atoms with Crippen molar-refractivity contribution in [2.24, 2.45) is 5.73 Å². The zero-order chi connectivity index (χ0) is 15.4. The first-order valence-corrected chi connectivity index (χ1v) is 7.52. The molecule has 1 atom stereocenters. The molecule has 0 saturated carbocycles. The molecule has 0 saturated heterocycles. The molecular weight excluding hydrogens is 276 g/mol. The van der Waals surface area contributed by atoms with Gasteiger partial charge in [0.1, 0.15) is 0 Å². The van der Waals surface area contributed by atoms with Crippen LogP contribution in [0.4, 0.5) is 5.69 Å². The van der Waals surface area contributed by atoms with Gasteiger partial charge in [0, 0.05) is 19.3 Å². The van der Waals surface area contributed by atoms with E-state index in [0.29, 0.717) is 4.99 Å². The summed E-state index contributed by atoms with van der Waals surface area (Å²) in [4.78, 5) is 2.76. The maximum Gasteiger partial charge on any atom is 0.0821 e. The fraction of sp³-hybridized carbons (Fsp3) is 0.278. The summed E-state index contributed by atoms with van der Waals surface area (Å²) in [5.41, 5.74) is 10.9. The van der Waals surface area contributed by atoms with Gasteiger partial charge in [-0.3, -0.25) is 0 Å². The van der Waals surface area contributed by atoms with Gasteiger partial charge in [0.25, 0.3) is 0 Å². The van der Waals surface area contributed by atoms with Crippen molar-refractivity contribution in [3.8, 4) is 0 Å². The zero-order valence-electron chi connectivity index (χ0n) is 12.8. The van der Waals surface area contributed by atoms with E-state index in [0.717, 1.165) is 6.54 Å². The summed E-state index contributed by atoms with van der Waals surface area (Å²) in [5.74, 6) is 0.0621. The Bertz CT molecular complexity index is 602. The van der Waals surface area contributed by atoms with E-state index in [1.165, 1.54) is 22.4 Å². The third-order valence-electron chi connectivity index (χ3n) is 3.65. The second-order valence-electron chi connectivity index (χ2n) is 5.59. The van der Waals surface area contributed by atoms with Crippen LogP contribution in [0.3, 0.4) is 0 Å². The molecule has 2 rings (SSSR count). The van der Waals surface area contributed by atoms with Crippen molar-refractivity contribution in [3.63, 3.8) is 0 Å². The second-order valence-corrected chi connectivity index (χ2v) is 6.06.